The molecule has 0 fully saturated rings. The molecular weight excluding hydrogens is 259 g/mol. The second kappa shape index (κ2) is 4.41. The van der Waals surface area contributed by atoms with Gasteiger partial charge in [0, 0.05) is 11.6 Å². The molecule has 2 N–H and O–H groups in total. The molecule has 20 heavy (non-hydrogen) atoms. The standard InChI is InChI=1S/C14H11FN4O/c1-8-4-5-17-12(6-8)19-11-3-2-9(15)7-10(11)13(18-19)14(16)20/h2-7H,1H3,(H2,16,20). The zero-order valence-corrected chi connectivity index (χ0v) is 10.7. The quantitative estimate of drug-likeness (QED) is 0.773. The van der Waals surface area contributed by atoms with E-state index in [0.717, 1.165) is 5.56 Å². The Hall–Kier alpha value is -2.76. The van der Waals surface area contributed by atoms with E-state index in [1.54, 1.807) is 12.3 Å². The summed E-state index contributed by atoms with van der Waals surface area (Å²) in [6.45, 7) is 1.92. The maximum absolute atomic E-state index is 13.4. The third-order valence-electron chi connectivity index (χ3n) is 2.99. The smallest absolute Gasteiger partial charge is 0.269 e. The van der Waals surface area contributed by atoms with Crippen molar-refractivity contribution in [3.05, 3.63) is 53.6 Å². The van der Waals surface area contributed by atoms with Crippen LogP contribution in [0, 0.1) is 12.7 Å². The van der Waals surface area contributed by atoms with E-state index >= 15 is 0 Å². The van der Waals surface area contributed by atoms with Crippen molar-refractivity contribution in [1.82, 2.24) is 14.8 Å². The maximum Gasteiger partial charge on any atom is 0.269 e. The average molecular weight is 270 g/mol. The first kappa shape index (κ1) is 12.3. The van der Waals surface area contributed by atoms with Gasteiger partial charge in [-0.2, -0.15) is 5.10 Å². The number of pyridine rings is 1. The molecule has 2 aromatic heterocycles. The van der Waals surface area contributed by atoms with Crippen molar-refractivity contribution < 1.29 is 9.18 Å². The van der Waals surface area contributed by atoms with Gasteiger partial charge in [-0.05, 0) is 42.8 Å². The molecule has 0 radical (unpaired) electrons. The van der Waals surface area contributed by atoms with E-state index in [2.05, 4.69) is 10.1 Å². The number of rotatable bonds is 2. The van der Waals surface area contributed by atoms with Gasteiger partial charge < -0.3 is 5.73 Å². The minimum absolute atomic E-state index is 0.0304. The second-order valence-corrected chi connectivity index (χ2v) is 4.48. The van der Waals surface area contributed by atoms with Gasteiger partial charge in [-0.25, -0.2) is 14.1 Å². The number of aromatic nitrogens is 3. The van der Waals surface area contributed by atoms with Gasteiger partial charge in [0.25, 0.3) is 5.91 Å². The lowest BCUT2D eigenvalue weighted by Crippen LogP contribution is -2.12. The Bertz CT molecular complexity index is 825. The molecule has 100 valence electrons. The van der Waals surface area contributed by atoms with Crippen LogP contribution in [0.2, 0.25) is 0 Å². The van der Waals surface area contributed by atoms with Crippen molar-refractivity contribution in [1.29, 1.82) is 0 Å². The number of carbonyl (C=O) groups is 1. The van der Waals surface area contributed by atoms with E-state index in [1.165, 1.54) is 16.8 Å². The Morgan fingerprint density at radius 2 is 2.10 bits per heavy atom. The third kappa shape index (κ3) is 1.91. The van der Waals surface area contributed by atoms with Crippen LogP contribution < -0.4 is 5.73 Å². The van der Waals surface area contributed by atoms with E-state index in [4.69, 9.17) is 5.73 Å². The van der Waals surface area contributed by atoms with E-state index in [-0.39, 0.29) is 5.69 Å². The number of amides is 1. The summed E-state index contributed by atoms with van der Waals surface area (Å²) in [6.07, 6.45) is 1.64. The molecule has 0 bridgehead atoms. The summed E-state index contributed by atoms with van der Waals surface area (Å²) in [5, 5.41) is 4.53. The molecule has 0 saturated carbocycles. The number of hydrogen-bond acceptors (Lipinski definition) is 3. The summed E-state index contributed by atoms with van der Waals surface area (Å²) in [6, 6.07) is 7.77. The Kier molecular flexibility index (Phi) is 2.71. The molecule has 3 aromatic rings. The molecule has 1 aromatic carbocycles. The lowest BCUT2D eigenvalue weighted by Gasteiger charge is -2.02. The van der Waals surface area contributed by atoms with Crippen molar-refractivity contribution in [2.45, 2.75) is 6.92 Å². The first-order valence-corrected chi connectivity index (χ1v) is 5.97. The van der Waals surface area contributed by atoms with E-state index in [1.807, 2.05) is 19.1 Å². The van der Waals surface area contributed by atoms with Gasteiger partial charge in [-0.1, -0.05) is 0 Å². The molecule has 2 heterocycles. The number of halogens is 1. The first-order valence-electron chi connectivity index (χ1n) is 5.97. The molecule has 0 spiro atoms. The van der Waals surface area contributed by atoms with Gasteiger partial charge in [0.1, 0.15) is 5.82 Å². The van der Waals surface area contributed by atoms with E-state index < -0.39 is 11.7 Å². The minimum atomic E-state index is -0.702. The Balaban J connectivity index is 2.34. The maximum atomic E-state index is 13.4. The van der Waals surface area contributed by atoms with Crippen molar-refractivity contribution in [3.8, 4) is 5.82 Å². The predicted molar refractivity (Wildman–Crippen MR) is 72.1 cm³/mol. The third-order valence-corrected chi connectivity index (χ3v) is 2.99. The molecule has 0 aliphatic carbocycles. The van der Waals surface area contributed by atoms with Crippen LogP contribution in [0.3, 0.4) is 0 Å². The van der Waals surface area contributed by atoms with E-state index in [0.29, 0.717) is 16.7 Å². The van der Waals surface area contributed by atoms with Crippen molar-refractivity contribution in [2.75, 3.05) is 0 Å². The highest BCUT2D eigenvalue weighted by Crippen LogP contribution is 2.22. The summed E-state index contributed by atoms with van der Waals surface area (Å²) in [4.78, 5) is 15.7. The van der Waals surface area contributed by atoms with Crippen LogP contribution in [0.5, 0.6) is 0 Å². The zero-order valence-electron chi connectivity index (χ0n) is 10.7. The molecule has 0 aliphatic heterocycles. The van der Waals surface area contributed by atoms with Crippen LogP contribution >= 0.6 is 0 Å². The van der Waals surface area contributed by atoms with Crippen LogP contribution in [-0.4, -0.2) is 20.7 Å². The molecular formula is C14H11FN4O. The molecule has 5 nitrogen and oxygen atoms in total. The van der Waals surface area contributed by atoms with Crippen molar-refractivity contribution in [2.24, 2.45) is 5.73 Å². The Labute approximate surface area is 113 Å². The van der Waals surface area contributed by atoms with Crippen LogP contribution in [0.4, 0.5) is 4.39 Å². The van der Waals surface area contributed by atoms with Crippen LogP contribution in [0.15, 0.2) is 36.5 Å². The number of benzene rings is 1. The highest BCUT2D eigenvalue weighted by molar-refractivity contribution is 6.04. The van der Waals surface area contributed by atoms with Gasteiger partial charge >= 0.3 is 0 Å². The first-order chi connectivity index (χ1) is 9.56. The average Bonchev–Trinajstić information content (AvgIpc) is 2.77. The molecule has 0 atom stereocenters. The highest BCUT2D eigenvalue weighted by Gasteiger charge is 2.17. The highest BCUT2D eigenvalue weighted by atomic mass is 19.1. The molecule has 0 aliphatic rings. The number of nitrogens with zero attached hydrogens (tertiary/aromatic N) is 3. The number of hydrogen-bond donors (Lipinski definition) is 1. The molecule has 6 heteroatoms. The van der Waals surface area contributed by atoms with Gasteiger partial charge in [-0.15, -0.1) is 0 Å². The fraction of sp³-hybridized carbons (Fsp3) is 0.0714. The van der Waals surface area contributed by atoms with Crippen molar-refractivity contribution in [3.63, 3.8) is 0 Å². The SMILES string of the molecule is Cc1ccnc(-n2nc(C(N)=O)c3cc(F)ccc32)c1. The Morgan fingerprint density at radius 1 is 1.30 bits per heavy atom. The largest absolute Gasteiger partial charge is 0.364 e. The minimum Gasteiger partial charge on any atom is -0.364 e. The topological polar surface area (TPSA) is 73.8 Å². The van der Waals surface area contributed by atoms with Gasteiger partial charge in [-0.3, -0.25) is 4.79 Å². The molecule has 0 unspecified atom stereocenters. The van der Waals surface area contributed by atoms with Crippen LogP contribution in [0.1, 0.15) is 16.1 Å². The fourth-order valence-electron chi connectivity index (χ4n) is 2.08. The summed E-state index contributed by atoms with van der Waals surface area (Å²) in [5.74, 6) is -0.599. The second-order valence-electron chi connectivity index (χ2n) is 4.48. The van der Waals surface area contributed by atoms with Gasteiger partial charge in [0.15, 0.2) is 11.5 Å². The normalized spacial score (nSPS) is 10.9. The van der Waals surface area contributed by atoms with Crippen molar-refractivity contribution >= 4 is 16.8 Å². The van der Waals surface area contributed by atoms with Gasteiger partial charge in [0.2, 0.25) is 0 Å². The number of fused-ring (bicyclic) bond motifs is 1. The van der Waals surface area contributed by atoms with Crippen LogP contribution in [-0.2, 0) is 0 Å². The summed E-state index contributed by atoms with van der Waals surface area (Å²) in [7, 11) is 0. The summed E-state index contributed by atoms with van der Waals surface area (Å²) >= 11 is 0. The lowest BCUT2D eigenvalue weighted by molar-refractivity contribution is 0.0996. The molecule has 1 amide bonds. The molecule has 3 rings (SSSR count). The molecule has 0 saturated heterocycles. The Morgan fingerprint density at radius 3 is 2.80 bits per heavy atom. The monoisotopic (exact) mass is 270 g/mol. The van der Waals surface area contributed by atoms with E-state index in [9.17, 15) is 9.18 Å². The van der Waals surface area contributed by atoms with Crippen LogP contribution in [0.25, 0.3) is 16.7 Å². The van der Waals surface area contributed by atoms with Gasteiger partial charge in [0.05, 0.1) is 5.52 Å². The fourth-order valence-corrected chi connectivity index (χ4v) is 2.08. The number of nitrogens with two attached hydrogens (primary N) is 1. The predicted octanol–water partition coefficient (Wildman–Crippen LogP) is 1.97. The number of carbonyl (C=O) groups excluding carboxylic acids is 1. The zero-order chi connectivity index (χ0) is 14.3. The lowest BCUT2D eigenvalue weighted by atomic mass is 10.2. The summed E-state index contributed by atoms with van der Waals surface area (Å²) in [5.41, 5.74) is 6.91. The summed E-state index contributed by atoms with van der Waals surface area (Å²) < 4.78 is 14.8. The number of primary amides is 1. The number of aryl methyl sites for hydroxylation is 1.